The third-order valence-corrected chi connectivity index (χ3v) is 10.2. The van der Waals surface area contributed by atoms with Crippen LogP contribution in [0.3, 0.4) is 0 Å². The Kier molecular flexibility index (Phi) is 43.5. The molecule has 1 unspecified atom stereocenters. The minimum atomic E-state index is -0.835. The first-order valence-corrected chi connectivity index (χ1v) is 23.9. The Morgan fingerprint density at radius 3 is 1.19 bits per heavy atom. The molecule has 0 aliphatic rings. The Balaban J connectivity index is 4.55. The molecule has 1 atom stereocenters. The molecule has 0 heterocycles. The van der Waals surface area contributed by atoms with Crippen molar-refractivity contribution in [2.45, 2.75) is 232 Å². The fourth-order valence-electron chi connectivity index (χ4n) is 6.62. The Morgan fingerprint density at radius 1 is 0.386 bits per heavy atom. The number of carbonyl (C=O) groups excluding carboxylic acids is 3. The highest BCUT2D eigenvalue weighted by molar-refractivity contribution is 5.82. The summed E-state index contributed by atoms with van der Waals surface area (Å²) < 4.78 is 16.5. The SMILES string of the molecule is CCCCCCCCC/C=C/C=C/C=C/C=C/C=C/C(=O)OCC(COC(=O)CCCCCCCCCCCCC)OC(=O)CCCCCCCCCCCCC. The highest BCUT2D eigenvalue weighted by Gasteiger charge is 2.19. The quantitative estimate of drug-likeness (QED) is 0.0201. The Morgan fingerprint density at radius 2 is 0.737 bits per heavy atom. The van der Waals surface area contributed by atoms with Gasteiger partial charge in [-0.15, -0.1) is 0 Å². The summed E-state index contributed by atoms with van der Waals surface area (Å²) in [6.07, 6.45) is 55.5. The van der Waals surface area contributed by atoms with Crippen molar-refractivity contribution in [2.24, 2.45) is 0 Å². The summed E-state index contributed by atoms with van der Waals surface area (Å²) in [6.45, 7) is 6.46. The number of rotatable bonds is 42. The van der Waals surface area contributed by atoms with E-state index in [1.807, 2.05) is 30.4 Å². The summed E-state index contributed by atoms with van der Waals surface area (Å²) in [5.41, 5.74) is 0. The van der Waals surface area contributed by atoms with Crippen LogP contribution in [0.25, 0.3) is 0 Å². The van der Waals surface area contributed by atoms with Crippen LogP contribution in [0.2, 0.25) is 0 Å². The van der Waals surface area contributed by atoms with E-state index in [0.717, 1.165) is 44.9 Å². The molecule has 0 bridgehead atoms. The maximum absolute atomic E-state index is 12.7. The van der Waals surface area contributed by atoms with Crippen LogP contribution < -0.4 is 0 Å². The van der Waals surface area contributed by atoms with Gasteiger partial charge in [0.15, 0.2) is 6.10 Å². The van der Waals surface area contributed by atoms with Crippen molar-refractivity contribution in [3.05, 3.63) is 60.8 Å². The van der Waals surface area contributed by atoms with Gasteiger partial charge in [-0.25, -0.2) is 4.79 Å². The van der Waals surface area contributed by atoms with Crippen LogP contribution in [-0.4, -0.2) is 37.2 Å². The number of ether oxygens (including phenoxy) is 3. The van der Waals surface area contributed by atoms with E-state index in [-0.39, 0.29) is 25.2 Å². The largest absolute Gasteiger partial charge is 0.462 e. The molecule has 0 rings (SSSR count). The van der Waals surface area contributed by atoms with Gasteiger partial charge in [-0.05, 0) is 25.7 Å². The molecule has 0 aliphatic carbocycles. The van der Waals surface area contributed by atoms with Gasteiger partial charge >= 0.3 is 17.9 Å². The number of hydrogen-bond acceptors (Lipinski definition) is 6. The second kappa shape index (κ2) is 45.8. The molecule has 0 aromatic rings. The van der Waals surface area contributed by atoms with Crippen LogP contribution in [0.4, 0.5) is 0 Å². The summed E-state index contributed by atoms with van der Waals surface area (Å²) in [7, 11) is 0. The van der Waals surface area contributed by atoms with Crippen molar-refractivity contribution in [2.75, 3.05) is 13.2 Å². The van der Waals surface area contributed by atoms with E-state index in [4.69, 9.17) is 14.2 Å². The number of unbranched alkanes of at least 4 members (excludes halogenated alkanes) is 27. The highest BCUT2D eigenvalue weighted by atomic mass is 16.6. The van der Waals surface area contributed by atoms with Crippen molar-refractivity contribution >= 4 is 17.9 Å². The van der Waals surface area contributed by atoms with Gasteiger partial charge in [0.05, 0.1) is 0 Å². The van der Waals surface area contributed by atoms with E-state index in [9.17, 15) is 14.4 Å². The molecule has 328 valence electrons. The summed E-state index contributed by atoms with van der Waals surface area (Å²) in [5.74, 6) is -1.21. The molecule has 0 aromatic carbocycles. The van der Waals surface area contributed by atoms with Crippen molar-refractivity contribution in [1.29, 1.82) is 0 Å². The van der Waals surface area contributed by atoms with Crippen LogP contribution in [-0.2, 0) is 28.6 Å². The number of esters is 3. The molecule has 0 aliphatic heterocycles. The van der Waals surface area contributed by atoms with Gasteiger partial charge in [-0.2, -0.15) is 0 Å². The van der Waals surface area contributed by atoms with E-state index >= 15 is 0 Å². The third-order valence-electron chi connectivity index (χ3n) is 10.2. The molecule has 0 N–H and O–H groups in total. The lowest BCUT2D eigenvalue weighted by Crippen LogP contribution is -2.30. The maximum atomic E-state index is 12.7. The molecule has 57 heavy (non-hydrogen) atoms. The number of allylic oxidation sites excluding steroid dienone is 9. The van der Waals surface area contributed by atoms with Crippen molar-refractivity contribution in [3.8, 4) is 0 Å². The normalized spacial score (nSPS) is 12.5. The minimum absolute atomic E-state index is 0.121. The van der Waals surface area contributed by atoms with Gasteiger partial charge in [0, 0.05) is 18.9 Å². The smallest absolute Gasteiger partial charge is 0.330 e. The summed E-state index contributed by atoms with van der Waals surface area (Å²) in [6, 6.07) is 0. The fraction of sp³-hybridized carbons (Fsp3) is 0.745. The molecular formula is C51H88O6. The summed E-state index contributed by atoms with van der Waals surface area (Å²) in [4.78, 5) is 37.6. The van der Waals surface area contributed by atoms with Gasteiger partial charge in [-0.3, -0.25) is 9.59 Å². The molecule has 6 heteroatoms. The fourth-order valence-corrected chi connectivity index (χ4v) is 6.62. The van der Waals surface area contributed by atoms with Crippen molar-refractivity contribution < 1.29 is 28.6 Å². The van der Waals surface area contributed by atoms with E-state index in [0.29, 0.717) is 12.8 Å². The van der Waals surface area contributed by atoms with E-state index < -0.39 is 12.1 Å². The van der Waals surface area contributed by atoms with Gasteiger partial charge in [0.25, 0.3) is 0 Å². The maximum Gasteiger partial charge on any atom is 0.330 e. The molecule has 0 aromatic heterocycles. The van der Waals surface area contributed by atoms with Crippen LogP contribution in [0.1, 0.15) is 226 Å². The van der Waals surface area contributed by atoms with Gasteiger partial charge < -0.3 is 14.2 Å². The molecule has 0 radical (unpaired) electrons. The van der Waals surface area contributed by atoms with E-state index in [1.54, 1.807) is 12.2 Å². The molecular weight excluding hydrogens is 709 g/mol. The zero-order chi connectivity index (χ0) is 41.5. The second-order valence-corrected chi connectivity index (χ2v) is 15.8. The van der Waals surface area contributed by atoms with Gasteiger partial charge in [-0.1, -0.05) is 242 Å². The molecule has 0 fully saturated rings. The molecule has 0 amide bonds. The molecule has 0 spiro atoms. The predicted molar refractivity (Wildman–Crippen MR) is 242 cm³/mol. The van der Waals surface area contributed by atoms with Crippen LogP contribution in [0.15, 0.2) is 60.8 Å². The Labute approximate surface area is 351 Å². The Hall–Kier alpha value is -2.89. The van der Waals surface area contributed by atoms with Crippen LogP contribution >= 0.6 is 0 Å². The summed E-state index contributed by atoms with van der Waals surface area (Å²) in [5, 5.41) is 0. The molecule has 0 saturated heterocycles. The van der Waals surface area contributed by atoms with Crippen molar-refractivity contribution in [3.63, 3.8) is 0 Å². The monoisotopic (exact) mass is 797 g/mol. The molecule has 0 saturated carbocycles. The third kappa shape index (κ3) is 44.1. The summed E-state index contributed by atoms with van der Waals surface area (Å²) >= 11 is 0. The number of hydrogen-bond donors (Lipinski definition) is 0. The van der Waals surface area contributed by atoms with Crippen LogP contribution in [0, 0.1) is 0 Å². The first-order chi connectivity index (χ1) is 28.0. The van der Waals surface area contributed by atoms with Gasteiger partial charge in [0.2, 0.25) is 0 Å². The standard InChI is InChI=1S/C51H88O6/c1-4-7-10-13-16-19-22-23-24-25-26-27-30-32-35-38-41-44-50(53)56-47-48(57-51(54)45-42-39-36-33-29-21-18-15-12-9-6-3)46-55-49(52)43-40-37-34-31-28-20-17-14-11-8-5-2/h24-27,30,32,35,38,41,44,48H,4-23,28-29,31,33-34,36-37,39-40,42-43,45-47H2,1-3H3/b25-24+,27-26+,32-30+,38-35+,44-41+. The van der Waals surface area contributed by atoms with E-state index in [2.05, 4.69) is 32.9 Å². The number of carbonyl (C=O) groups is 3. The van der Waals surface area contributed by atoms with Crippen LogP contribution in [0.5, 0.6) is 0 Å². The lowest BCUT2D eigenvalue weighted by molar-refractivity contribution is -0.165. The highest BCUT2D eigenvalue weighted by Crippen LogP contribution is 2.14. The average molecular weight is 797 g/mol. The molecule has 6 nitrogen and oxygen atoms in total. The average Bonchev–Trinajstić information content (AvgIpc) is 3.21. The minimum Gasteiger partial charge on any atom is -0.462 e. The predicted octanol–water partition coefficient (Wildman–Crippen LogP) is 15.3. The second-order valence-electron chi connectivity index (χ2n) is 15.8. The topological polar surface area (TPSA) is 78.9 Å². The van der Waals surface area contributed by atoms with E-state index in [1.165, 1.54) is 154 Å². The lowest BCUT2D eigenvalue weighted by atomic mass is 10.1. The zero-order valence-corrected chi connectivity index (χ0v) is 37.3. The van der Waals surface area contributed by atoms with Crippen molar-refractivity contribution in [1.82, 2.24) is 0 Å². The lowest BCUT2D eigenvalue weighted by Gasteiger charge is -2.18. The zero-order valence-electron chi connectivity index (χ0n) is 37.3. The Bertz CT molecular complexity index is 1050. The van der Waals surface area contributed by atoms with Gasteiger partial charge in [0.1, 0.15) is 13.2 Å². The first kappa shape index (κ1) is 54.1. The first-order valence-electron chi connectivity index (χ1n) is 23.9.